The van der Waals surface area contributed by atoms with Crippen LogP contribution in [0.5, 0.6) is 0 Å². The Morgan fingerprint density at radius 2 is 2.05 bits per heavy atom. The Labute approximate surface area is 136 Å². The molecule has 2 saturated heterocycles. The molecule has 2 heterocycles. The molecule has 5 nitrogen and oxygen atoms in total. The van der Waals surface area contributed by atoms with E-state index < -0.39 is 0 Å². The van der Waals surface area contributed by atoms with Gasteiger partial charge in [0, 0.05) is 39.3 Å². The monoisotopic (exact) mass is 310 g/mol. The number of morpholine rings is 1. The molecule has 2 rings (SSSR count). The normalized spacial score (nSPS) is 24.5. The van der Waals surface area contributed by atoms with Gasteiger partial charge in [0.2, 0.25) is 0 Å². The topological polar surface area (TPSA) is 40.1 Å². The van der Waals surface area contributed by atoms with Gasteiger partial charge in [-0.1, -0.05) is 6.92 Å². The third kappa shape index (κ3) is 6.13. The molecule has 1 atom stereocenters. The maximum Gasteiger partial charge on any atom is 0.193 e. The molecule has 2 fully saturated rings. The molecule has 0 radical (unpaired) electrons. The van der Waals surface area contributed by atoms with Crippen LogP contribution in [0.4, 0.5) is 0 Å². The van der Waals surface area contributed by atoms with Gasteiger partial charge in [0.05, 0.1) is 13.2 Å². The minimum Gasteiger partial charge on any atom is -0.379 e. The van der Waals surface area contributed by atoms with E-state index in [4.69, 9.17) is 9.73 Å². The highest BCUT2D eigenvalue weighted by Gasteiger charge is 2.18. The van der Waals surface area contributed by atoms with Crippen LogP contribution in [0.1, 0.15) is 39.5 Å². The summed E-state index contributed by atoms with van der Waals surface area (Å²) in [5, 5.41) is 3.46. The highest BCUT2D eigenvalue weighted by Crippen LogP contribution is 2.15. The fraction of sp³-hybridized carbons (Fsp3) is 0.941. The first-order valence-corrected chi connectivity index (χ1v) is 9.13. The number of ether oxygens (including phenoxy) is 1. The number of guanidine groups is 1. The molecule has 1 N–H and O–H groups in total. The first kappa shape index (κ1) is 17.5. The number of rotatable bonds is 6. The van der Waals surface area contributed by atoms with Crippen molar-refractivity contribution in [2.75, 3.05) is 59.0 Å². The van der Waals surface area contributed by atoms with Crippen LogP contribution in [0.15, 0.2) is 4.99 Å². The van der Waals surface area contributed by atoms with Crippen molar-refractivity contribution in [3.63, 3.8) is 0 Å². The Balaban J connectivity index is 1.68. The Hall–Kier alpha value is -0.810. The fourth-order valence-electron chi connectivity index (χ4n) is 3.26. The summed E-state index contributed by atoms with van der Waals surface area (Å²) in [6.45, 7) is 13.9. The van der Waals surface area contributed by atoms with E-state index >= 15 is 0 Å². The lowest BCUT2D eigenvalue weighted by Gasteiger charge is -2.33. The van der Waals surface area contributed by atoms with Crippen molar-refractivity contribution in [1.82, 2.24) is 15.1 Å². The molecule has 5 heteroatoms. The molecule has 128 valence electrons. The van der Waals surface area contributed by atoms with Crippen molar-refractivity contribution in [2.45, 2.75) is 39.5 Å². The van der Waals surface area contributed by atoms with Gasteiger partial charge in [-0.3, -0.25) is 9.89 Å². The summed E-state index contributed by atoms with van der Waals surface area (Å²) < 4.78 is 5.38. The van der Waals surface area contributed by atoms with Crippen molar-refractivity contribution in [2.24, 2.45) is 10.9 Å². The second-order valence-corrected chi connectivity index (χ2v) is 6.59. The average Bonchev–Trinajstić information content (AvgIpc) is 2.54. The van der Waals surface area contributed by atoms with Gasteiger partial charge in [-0.2, -0.15) is 0 Å². The lowest BCUT2D eigenvalue weighted by Crippen LogP contribution is -2.46. The van der Waals surface area contributed by atoms with Gasteiger partial charge in [-0.05, 0) is 45.1 Å². The van der Waals surface area contributed by atoms with E-state index in [1.807, 2.05) is 0 Å². The van der Waals surface area contributed by atoms with E-state index in [2.05, 4.69) is 29.0 Å². The third-order valence-corrected chi connectivity index (χ3v) is 4.54. The highest BCUT2D eigenvalue weighted by molar-refractivity contribution is 5.80. The van der Waals surface area contributed by atoms with E-state index in [-0.39, 0.29) is 0 Å². The van der Waals surface area contributed by atoms with E-state index in [0.717, 1.165) is 64.4 Å². The quantitative estimate of drug-likeness (QED) is 0.461. The average molecular weight is 310 g/mol. The molecule has 0 aromatic heterocycles. The standard InChI is InChI=1S/C17H34N4O/c1-3-18-17(21-10-6-7-16(2)15-21)19-8-4-5-9-20-11-13-22-14-12-20/h16H,3-15H2,1-2H3,(H,18,19). The van der Waals surface area contributed by atoms with E-state index in [0.29, 0.717) is 0 Å². The minimum atomic E-state index is 0.791. The van der Waals surface area contributed by atoms with Crippen molar-refractivity contribution in [1.29, 1.82) is 0 Å². The SMILES string of the molecule is CCNC(=NCCCCN1CCOCC1)N1CCCC(C)C1. The molecule has 0 amide bonds. The molecular weight excluding hydrogens is 276 g/mol. The molecule has 0 spiro atoms. The van der Waals surface area contributed by atoms with Gasteiger partial charge in [0.25, 0.3) is 0 Å². The van der Waals surface area contributed by atoms with Crippen LogP contribution in [-0.2, 0) is 4.74 Å². The predicted octanol–water partition coefficient (Wildman–Crippen LogP) is 1.80. The van der Waals surface area contributed by atoms with E-state index in [9.17, 15) is 0 Å². The number of nitrogens with one attached hydrogen (secondary N) is 1. The van der Waals surface area contributed by atoms with Crippen LogP contribution in [0, 0.1) is 5.92 Å². The molecule has 1 unspecified atom stereocenters. The van der Waals surface area contributed by atoms with Gasteiger partial charge in [0.15, 0.2) is 5.96 Å². The van der Waals surface area contributed by atoms with Gasteiger partial charge in [-0.15, -0.1) is 0 Å². The van der Waals surface area contributed by atoms with Gasteiger partial charge in [-0.25, -0.2) is 0 Å². The number of likely N-dealkylation sites (tertiary alicyclic amines) is 1. The second-order valence-electron chi connectivity index (χ2n) is 6.59. The smallest absolute Gasteiger partial charge is 0.193 e. The molecule has 0 saturated carbocycles. The zero-order chi connectivity index (χ0) is 15.6. The Bertz CT molecular complexity index is 329. The van der Waals surface area contributed by atoms with Crippen molar-refractivity contribution >= 4 is 5.96 Å². The van der Waals surface area contributed by atoms with Crippen molar-refractivity contribution < 1.29 is 4.74 Å². The first-order valence-electron chi connectivity index (χ1n) is 9.13. The maximum absolute atomic E-state index is 5.38. The molecule has 2 aliphatic heterocycles. The van der Waals surface area contributed by atoms with Crippen LogP contribution in [0.3, 0.4) is 0 Å². The number of aliphatic imine (C=N–C) groups is 1. The molecule has 0 aromatic carbocycles. The Morgan fingerprint density at radius 3 is 2.77 bits per heavy atom. The number of hydrogen-bond donors (Lipinski definition) is 1. The largest absolute Gasteiger partial charge is 0.379 e. The zero-order valence-electron chi connectivity index (χ0n) is 14.5. The highest BCUT2D eigenvalue weighted by atomic mass is 16.5. The van der Waals surface area contributed by atoms with Crippen LogP contribution in [-0.4, -0.2) is 74.8 Å². The molecule has 22 heavy (non-hydrogen) atoms. The number of hydrogen-bond acceptors (Lipinski definition) is 3. The Morgan fingerprint density at radius 1 is 1.23 bits per heavy atom. The second kappa shape index (κ2) is 10.1. The van der Waals surface area contributed by atoms with Crippen LogP contribution in [0.2, 0.25) is 0 Å². The maximum atomic E-state index is 5.38. The van der Waals surface area contributed by atoms with Gasteiger partial charge in [0.1, 0.15) is 0 Å². The Kier molecular flexibility index (Phi) is 8.02. The lowest BCUT2D eigenvalue weighted by atomic mass is 10.0. The first-order chi connectivity index (χ1) is 10.8. The van der Waals surface area contributed by atoms with E-state index in [1.54, 1.807) is 0 Å². The molecule has 0 aliphatic carbocycles. The fourth-order valence-corrected chi connectivity index (χ4v) is 3.26. The summed E-state index contributed by atoms with van der Waals surface area (Å²) in [7, 11) is 0. The van der Waals surface area contributed by atoms with Crippen LogP contribution >= 0.6 is 0 Å². The summed E-state index contributed by atoms with van der Waals surface area (Å²) in [5.74, 6) is 1.92. The summed E-state index contributed by atoms with van der Waals surface area (Å²) in [4.78, 5) is 9.79. The summed E-state index contributed by atoms with van der Waals surface area (Å²) in [5.41, 5.74) is 0. The van der Waals surface area contributed by atoms with Gasteiger partial charge >= 0.3 is 0 Å². The number of unbranched alkanes of at least 4 members (excludes halogenated alkanes) is 1. The lowest BCUT2D eigenvalue weighted by molar-refractivity contribution is 0.0373. The zero-order valence-corrected chi connectivity index (χ0v) is 14.5. The summed E-state index contributed by atoms with van der Waals surface area (Å²) in [6, 6.07) is 0. The van der Waals surface area contributed by atoms with Crippen LogP contribution < -0.4 is 5.32 Å². The summed E-state index contributed by atoms with van der Waals surface area (Å²) in [6.07, 6.45) is 5.06. The minimum absolute atomic E-state index is 0.791. The molecule has 0 bridgehead atoms. The van der Waals surface area contributed by atoms with Gasteiger partial charge < -0.3 is 15.0 Å². The predicted molar refractivity (Wildman–Crippen MR) is 92.4 cm³/mol. The number of piperidine rings is 1. The molecule has 2 aliphatic rings. The molecule has 0 aromatic rings. The van der Waals surface area contributed by atoms with Crippen molar-refractivity contribution in [3.05, 3.63) is 0 Å². The molecular formula is C17H34N4O. The third-order valence-electron chi connectivity index (χ3n) is 4.54. The summed E-state index contributed by atoms with van der Waals surface area (Å²) >= 11 is 0. The van der Waals surface area contributed by atoms with E-state index in [1.165, 1.54) is 32.2 Å². The number of nitrogens with zero attached hydrogens (tertiary/aromatic N) is 3. The van der Waals surface area contributed by atoms with Crippen LogP contribution in [0.25, 0.3) is 0 Å². The van der Waals surface area contributed by atoms with Crippen molar-refractivity contribution in [3.8, 4) is 0 Å².